The summed E-state index contributed by atoms with van der Waals surface area (Å²) in [6.45, 7) is 5.98. The third kappa shape index (κ3) is 22.3. The molecule has 362 valence electrons. The first-order valence-electron chi connectivity index (χ1n) is 22.0. The zero-order chi connectivity index (χ0) is 47.2. The van der Waals surface area contributed by atoms with Crippen molar-refractivity contribution in [3.8, 4) is 0 Å². The van der Waals surface area contributed by atoms with Gasteiger partial charge in [-0.25, -0.2) is 0 Å². The number of non-ortho nitro benzene ring substituents is 1. The Labute approximate surface area is 369 Å². The molecular formula is C44H74N2O17. The van der Waals surface area contributed by atoms with Crippen molar-refractivity contribution < 1.29 is 80.5 Å². The Hall–Kier alpha value is -2.83. The Balaban J connectivity index is 1.60. The highest BCUT2D eigenvalue weighted by Crippen LogP contribution is 2.26. The molecule has 1 aliphatic rings. The smallest absolute Gasteiger partial charge is 0.269 e. The van der Waals surface area contributed by atoms with Gasteiger partial charge < -0.3 is 76.1 Å². The average molecular weight is 903 g/mol. The predicted octanol–water partition coefficient (Wildman–Crippen LogP) is 0.164. The number of carbonyl (C=O) groups is 1. The van der Waals surface area contributed by atoms with Gasteiger partial charge in [0, 0.05) is 43.9 Å². The highest BCUT2D eigenvalue weighted by Gasteiger charge is 2.44. The number of ketones is 1. The van der Waals surface area contributed by atoms with Crippen LogP contribution in [0.2, 0.25) is 0 Å². The summed E-state index contributed by atoms with van der Waals surface area (Å²) in [5.41, 5.74) is 0.917. The molecule has 1 saturated heterocycles. The minimum absolute atomic E-state index is 0.0230. The van der Waals surface area contributed by atoms with Crippen LogP contribution in [0.25, 0.3) is 0 Å². The van der Waals surface area contributed by atoms with E-state index < -0.39 is 103 Å². The van der Waals surface area contributed by atoms with E-state index in [4.69, 9.17) is 9.47 Å². The summed E-state index contributed by atoms with van der Waals surface area (Å²) in [5.74, 6) is -1.12. The van der Waals surface area contributed by atoms with Crippen LogP contribution >= 0.6 is 0 Å². The number of nitro benzene ring substituents is 1. The third-order valence-corrected chi connectivity index (χ3v) is 11.1. The van der Waals surface area contributed by atoms with E-state index >= 15 is 0 Å². The number of nitrogens with zero attached hydrogens (tertiary/aromatic N) is 1. The molecule has 0 bridgehead atoms. The van der Waals surface area contributed by atoms with Crippen LogP contribution in [0.15, 0.2) is 48.6 Å². The molecule has 63 heavy (non-hydrogen) atoms. The Morgan fingerprint density at radius 2 is 1.27 bits per heavy atom. The zero-order valence-corrected chi connectivity index (χ0v) is 36.6. The average Bonchev–Trinajstić information content (AvgIpc) is 3.20. The second kappa shape index (κ2) is 29.7. The van der Waals surface area contributed by atoms with Gasteiger partial charge in [-0.3, -0.25) is 14.9 Å². The summed E-state index contributed by atoms with van der Waals surface area (Å²) in [6.07, 6.45) is -10.1. The van der Waals surface area contributed by atoms with Crippen molar-refractivity contribution in [3.63, 3.8) is 0 Å². The molecule has 16 atom stereocenters. The van der Waals surface area contributed by atoms with Crippen molar-refractivity contribution >= 4 is 11.5 Å². The lowest BCUT2D eigenvalue weighted by Gasteiger charge is -2.40. The molecule has 0 aromatic heterocycles. The summed E-state index contributed by atoms with van der Waals surface area (Å²) >= 11 is 0. The Morgan fingerprint density at radius 1 is 0.762 bits per heavy atom. The van der Waals surface area contributed by atoms with Gasteiger partial charge in [0.15, 0.2) is 6.29 Å². The molecule has 2 rings (SSSR count). The normalized spacial score (nSPS) is 24.9. The largest absolute Gasteiger partial charge is 0.393 e. The molecule has 16 unspecified atom stereocenters. The van der Waals surface area contributed by atoms with E-state index in [1.165, 1.54) is 37.3 Å². The summed E-state index contributed by atoms with van der Waals surface area (Å²) in [5, 5.41) is 137. The van der Waals surface area contributed by atoms with Crippen LogP contribution in [-0.2, 0) is 20.8 Å². The first-order chi connectivity index (χ1) is 29.7. The standard InChI is InChI=1S/C44H74N2O17/c1-4-40(63-44-43(59)42(58)41(57)27(3)62-44)26(2)39(56)24-38(55)23-37(54)21-33(50)11-6-10-32(49)20-36(53)22-35(52)19-31(48)9-5-8-30(47)18-34(51)12-7-17-45-25-28-13-15-29(16-14-28)46(60)61/h5-6,9,11,13-16,26-27,30-38,40-45,47-55,57-59H,4,7-8,10,12,17-25H2,1-3H3. The lowest BCUT2D eigenvalue weighted by molar-refractivity contribution is -0.384. The van der Waals surface area contributed by atoms with E-state index in [9.17, 15) is 76.2 Å². The topological polar surface area (TPSA) is 333 Å². The van der Waals surface area contributed by atoms with Crippen LogP contribution in [0.1, 0.15) is 103 Å². The Bertz CT molecular complexity index is 1490. The predicted molar refractivity (Wildman–Crippen MR) is 230 cm³/mol. The van der Waals surface area contributed by atoms with Gasteiger partial charge in [-0.1, -0.05) is 50.3 Å². The Kier molecular flexibility index (Phi) is 26.5. The number of aliphatic hydroxyl groups excluding tert-OH is 12. The first kappa shape index (κ1) is 56.3. The molecule has 1 fully saturated rings. The van der Waals surface area contributed by atoms with E-state index in [2.05, 4.69) is 5.32 Å². The number of carbonyl (C=O) groups excluding carboxylic acids is 1. The monoisotopic (exact) mass is 902 g/mol. The first-order valence-corrected chi connectivity index (χ1v) is 22.0. The molecule has 19 heteroatoms. The SMILES string of the molecule is CCC(OC1OC(C)C(O)C(O)C1O)C(C)C(=O)CC(O)CC(O)CC(O)C=CCC(O)CC(O)CC(O)CC(O)C=CCC(O)CC(O)CCCNCc1ccc([N+](=O)[O-])cc1. The fraction of sp³-hybridized carbons (Fsp3) is 0.750. The van der Waals surface area contributed by atoms with E-state index in [0.29, 0.717) is 32.4 Å². The zero-order valence-electron chi connectivity index (χ0n) is 36.6. The third-order valence-electron chi connectivity index (χ3n) is 11.1. The number of ether oxygens (including phenoxy) is 2. The second-order valence-electron chi connectivity index (χ2n) is 16.9. The number of benzene rings is 1. The van der Waals surface area contributed by atoms with Crippen LogP contribution in [0.4, 0.5) is 5.69 Å². The van der Waals surface area contributed by atoms with Gasteiger partial charge in [0.25, 0.3) is 5.69 Å². The summed E-state index contributed by atoms with van der Waals surface area (Å²) < 4.78 is 11.3. The number of nitrogens with one attached hydrogen (secondary N) is 1. The van der Waals surface area contributed by atoms with Crippen LogP contribution in [-0.4, -0.2) is 170 Å². The van der Waals surface area contributed by atoms with Gasteiger partial charge >= 0.3 is 0 Å². The lowest BCUT2D eigenvalue weighted by atomic mass is 9.91. The number of Topliss-reactive ketones (excluding diaryl/α,β-unsaturated/α-hetero) is 1. The van der Waals surface area contributed by atoms with Gasteiger partial charge in [0.2, 0.25) is 0 Å². The molecule has 0 amide bonds. The molecule has 13 N–H and O–H groups in total. The molecule has 0 radical (unpaired) electrons. The molecule has 1 aromatic carbocycles. The lowest BCUT2D eigenvalue weighted by Crippen LogP contribution is -2.58. The molecule has 1 aliphatic heterocycles. The van der Waals surface area contributed by atoms with E-state index in [1.54, 1.807) is 32.1 Å². The van der Waals surface area contributed by atoms with Crippen molar-refractivity contribution in [3.05, 3.63) is 64.2 Å². The van der Waals surface area contributed by atoms with Crippen molar-refractivity contribution in [1.82, 2.24) is 5.32 Å². The highest BCUT2D eigenvalue weighted by molar-refractivity contribution is 5.81. The summed E-state index contributed by atoms with van der Waals surface area (Å²) in [4.78, 5) is 23.2. The maximum Gasteiger partial charge on any atom is 0.269 e. The minimum Gasteiger partial charge on any atom is -0.393 e. The maximum absolute atomic E-state index is 12.9. The molecule has 19 nitrogen and oxygen atoms in total. The maximum atomic E-state index is 12.9. The molecule has 0 spiro atoms. The van der Waals surface area contributed by atoms with Gasteiger partial charge in [0.1, 0.15) is 24.1 Å². The molecular weight excluding hydrogens is 828 g/mol. The van der Waals surface area contributed by atoms with Gasteiger partial charge in [0.05, 0.1) is 72.1 Å². The summed E-state index contributed by atoms with van der Waals surface area (Å²) in [7, 11) is 0. The number of nitro groups is 1. The van der Waals surface area contributed by atoms with Gasteiger partial charge in [-0.05, 0) is 76.8 Å². The fourth-order valence-corrected chi connectivity index (χ4v) is 7.36. The molecule has 0 aliphatic carbocycles. The number of hydrogen-bond acceptors (Lipinski definition) is 18. The van der Waals surface area contributed by atoms with Crippen LogP contribution in [0.5, 0.6) is 0 Å². The van der Waals surface area contributed by atoms with Crippen LogP contribution in [0, 0.1) is 16.0 Å². The van der Waals surface area contributed by atoms with Crippen LogP contribution < -0.4 is 5.32 Å². The Morgan fingerprint density at radius 3 is 1.81 bits per heavy atom. The minimum atomic E-state index is -1.54. The van der Waals surface area contributed by atoms with E-state index in [0.717, 1.165) is 5.56 Å². The van der Waals surface area contributed by atoms with Gasteiger partial charge in [-0.2, -0.15) is 0 Å². The number of aliphatic hydroxyl groups is 12. The van der Waals surface area contributed by atoms with Crippen molar-refractivity contribution in [2.45, 2.75) is 196 Å². The quantitative estimate of drug-likeness (QED) is 0.0198. The molecule has 0 saturated carbocycles. The van der Waals surface area contributed by atoms with Crippen LogP contribution in [0.3, 0.4) is 0 Å². The molecule has 1 heterocycles. The second-order valence-corrected chi connectivity index (χ2v) is 16.9. The number of hydrogen-bond donors (Lipinski definition) is 13. The van der Waals surface area contributed by atoms with Gasteiger partial charge in [-0.15, -0.1) is 0 Å². The highest BCUT2D eigenvalue weighted by atomic mass is 16.7. The molecule has 1 aromatic rings. The fourth-order valence-electron chi connectivity index (χ4n) is 7.36. The van der Waals surface area contributed by atoms with Crippen molar-refractivity contribution in [2.24, 2.45) is 5.92 Å². The van der Waals surface area contributed by atoms with Crippen molar-refractivity contribution in [1.29, 1.82) is 0 Å². The summed E-state index contributed by atoms with van der Waals surface area (Å²) in [6, 6.07) is 6.23. The number of rotatable bonds is 32. The van der Waals surface area contributed by atoms with Crippen molar-refractivity contribution in [2.75, 3.05) is 6.54 Å². The van der Waals surface area contributed by atoms with E-state index in [-0.39, 0.29) is 69.3 Å². The van der Waals surface area contributed by atoms with E-state index in [1.807, 2.05) is 0 Å².